The van der Waals surface area contributed by atoms with Crippen LogP contribution in [0.3, 0.4) is 0 Å². The van der Waals surface area contributed by atoms with Gasteiger partial charge in [-0.05, 0) is 45.7 Å². The monoisotopic (exact) mass is 297 g/mol. The van der Waals surface area contributed by atoms with Crippen molar-refractivity contribution in [3.63, 3.8) is 0 Å². The van der Waals surface area contributed by atoms with Crippen molar-refractivity contribution in [2.24, 2.45) is 11.8 Å². The molecule has 21 heavy (non-hydrogen) atoms. The van der Waals surface area contributed by atoms with Crippen molar-refractivity contribution in [2.75, 3.05) is 46.8 Å². The van der Waals surface area contributed by atoms with Gasteiger partial charge in [0.2, 0.25) is 0 Å². The van der Waals surface area contributed by atoms with Crippen LogP contribution in [0, 0.1) is 11.8 Å². The molecule has 2 aliphatic heterocycles. The number of hydrogen-bond acceptors (Lipinski definition) is 3. The number of carbonyl (C=O) groups excluding carboxylic acids is 1. The number of nitrogens with zero attached hydrogens (tertiary/aromatic N) is 3. The Balaban J connectivity index is 1.76. The maximum atomic E-state index is 12.5. The largest absolute Gasteiger partial charge is 0.481 e. The van der Waals surface area contributed by atoms with Gasteiger partial charge < -0.3 is 19.8 Å². The third-order valence-corrected chi connectivity index (χ3v) is 4.62. The Bertz CT molecular complexity index is 370. The molecule has 2 aliphatic rings. The zero-order valence-electron chi connectivity index (χ0n) is 13.1. The van der Waals surface area contributed by atoms with E-state index in [1.807, 2.05) is 9.80 Å². The number of aliphatic carboxylic acids is 1. The smallest absolute Gasteiger partial charge is 0.319 e. The highest BCUT2D eigenvalue weighted by atomic mass is 16.4. The van der Waals surface area contributed by atoms with Crippen LogP contribution in [0.25, 0.3) is 0 Å². The van der Waals surface area contributed by atoms with Gasteiger partial charge >= 0.3 is 12.0 Å². The number of rotatable bonds is 3. The van der Waals surface area contributed by atoms with Crippen molar-refractivity contribution < 1.29 is 14.7 Å². The fourth-order valence-electron chi connectivity index (χ4n) is 3.34. The SMILES string of the molecule is CN(C)CC1CCN(C(=O)N2CCC(C(=O)O)CC2)CC1. The topological polar surface area (TPSA) is 64.1 Å². The average Bonchev–Trinajstić information content (AvgIpc) is 2.47. The van der Waals surface area contributed by atoms with Crippen LogP contribution in [0.15, 0.2) is 0 Å². The minimum absolute atomic E-state index is 0.0992. The fourth-order valence-corrected chi connectivity index (χ4v) is 3.34. The van der Waals surface area contributed by atoms with E-state index >= 15 is 0 Å². The van der Waals surface area contributed by atoms with Crippen molar-refractivity contribution in [3.8, 4) is 0 Å². The second-order valence-electron chi connectivity index (χ2n) is 6.57. The molecule has 120 valence electrons. The van der Waals surface area contributed by atoms with Gasteiger partial charge in [0.15, 0.2) is 0 Å². The number of amides is 2. The molecule has 0 aromatic heterocycles. The highest BCUT2D eigenvalue weighted by Gasteiger charge is 2.31. The molecule has 2 amide bonds. The van der Waals surface area contributed by atoms with Crippen LogP contribution in [0.2, 0.25) is 0 Å². The maximum Gasteiger partial charge on any atom is 0.319 e. The molecule has 0 aromatic rings. The first-order valence-corrected chi connectivity index (χ1v) is 7.88. The normalized spacial score (nSPS) is 21.9. The third-order valence-electron chi connectivity index (χ3n) is 4.62. The molecule has 0 unspecified atom stereocenters. The molecule has 0 aromatic carbocycles. The minimum Gasteiger partial charge on any atom is -0.481 e. The van der Waals surface area contributed by atoms with Crippen LogP contribution >= 0.6 is 0 Å². The van der Waals surface area contributed by atoms with Crippen molar-refractivity contribution in [2.45, 2.75) is 25.7 Å². The molecule has 2 heterocycles. The molecule has 6 nitrogen and oxygen atoms in total. The molecule has 6 heteroatoms. The van der Waals surface area contributed by atoms with E-state index in [2.05, 4.69) is 19.0 Å². The number of hydrogen-bond donors (Lipinski definition) is 1. The number of urea groups is 1. The Kier molecular flexibility index (Phi) is 5.45. The van der Waals surface area contributed by atoms with Gasteiger partial charge in [-0.25, -0.2) is 4.79 Å². The van der Waals surface area contributed by atoms with Crippen molar-refractivity contribution in [1.29, 1.82) is 0 Å². The van der Waals surface area contributed by atoms with E-state index in [1.165, 1.54) is 0 Å². The number of carboxylic acid groups (broad SMARTS) is 1. The van der Waals surface area contributed by atoms with E-state index in [1.54, 1.807) is 0 Å². The van der Waals surface area contributed by atoms with E-state index in [9.17, 15) is 9.59 Å². The molecule has 0 saturated carbocycles. The molecule has 0 aliphatic carbocycles. The summed E-state index contributed by atoms with van der Waals surface area (Å²) in [5, 5.41) is 9.00. The lowest BCUT2D eigenvalue weighted by atomic mass is 9.96. The summed E-state index contributed by atoms with van der Waals surface area (Å²) < 4.78 is 0. The first-order chi connectivity index (χ1) is 9.97. The Morgan fingerprint density at radius 1 is 1.00 bits per heavy atom. The molecule has 1 N–H and O–H groups in total. The Morgan fingerprint density at radius 3 is 1.90 bits per heavy atom. The second kappa shape index (κ2) is 7.11. The lowest BCUT2D eigenvalue weighted by molar-refractivity contribution is -0.143. The number of piperidine rings is 2. The van der Waals surface area contributed by atoms with Crippen LogP contribution in [-0.4, -0.2) is 78.6 Å². The van der Waals surface area contributed by atoms with Gasteiger partial charge in [-0.1, -0.05) is 0 Å². The second-order valence-corrected chi connectivity index (χ2v) is 6.57. The summed E-state index contributed by atoms with van der Waals surface area (Å²) >= 11 is 0. The van der Waals surface area contributed by atoms with E-state index in [4.69, 9.17) is 5.11 Å². The molecule has 0 bridgehead atoms. The highest BCUT2D eigenvalue weighted by molar-refractivity contribution is 5.75. The summed E-state index contributed by atoms with van der Waals surface area (Å²) in [6.07, 6.45) is 3.29. The first kappa shape index (κ1) is 16.1. The van der Waals surface area contributed by atoms with Gasteiger partial charge in [0.1, 0.15) is 0 Å². The molecular formula is C15H27N3O3. The minimum atomic E-state index is -0.730. The maximum absolute atomic E-state index is 12.5. The molecule has 2 fully saturated rings. The summed E-state index contributed by atoms with van der Waals surface area (Å²) in [6, 6.07) is 0.0992. The predicted octanol–water partition coefficient (Wildman–Crippen LogP) is 1.18. The molecular weight excluding hydrogens is 270 g/mol. The van der Waals surface area contributed by atoms with E-state index in [0.29, 0.717) is 31.8 Å². The van der Waals surface area contributed by atoms with Crippen LogP contribution in [0.1, 0.15) is 25.7 Å². The van der Waals surface area contributed by atoms with Gasteiger partial charge in [0.05, 0.1) is 5.92 Å². The van der Waals surface area contributed by atoms with Crippen molar-refractivity contribution >= 4 is 12.0 Å². The van der Waals surface area contributed by atoms with E-state index in [-0.39, 0.29) is 11.9 Å². The summed E-state index contributed by atoms with van der Waals surface area (Å²) in [6.45, 7) is 3.90. The van der Waals surface area contributed by atoms with Gasteiger partial charge in [-0.3, -0.25) is 4.79 Å². The first-order valence-electron chi connectivity index (χ1n) is 7.88. The zero-order valence-corrected chi connectivity index (χ0v) is 13.1. The van der Waals surface area contributed by atoms with E-state index in [0.717, 1.165) is 32.5 Å². The Morgan fingerprint density at radius 2 is 1.48 bits per heavy atom. The summed E-state index contributed by atoms with van der Waals surface area (Å²) in [5.41, 5.74) is 0. The third kappa shape index (κ3) is 4.33. The van der Waals surface area contributed by atoms with Crippen LogP contribution < -0.4 is 0 Å². The molecule has 2 saturated heterocycles. The van der Waals surface area contributed by atoms with Crippen molar-refractivity contribution in [3.05, 3.63) is 0 Å². The fraction of sp³-hybridized carbons (Fsp3) is 0.867. The standard InChI is InChI=1S/C15H27N3O3/c1-16(2)11-12-3-7-17(8-4-12)15(21)18-9-5-13(6-10-18)14(19)20/h12-13H,3-11H2,1-2H3,(H,19,20). The number of carboxylic acids is 1. The molecule has 0 atom stereocenters. The summed E-state index contributed by atoms with van der Waals surface area (Å²) in [5.74, 6) is -0.326. The predicted molar refractivity (Wildman–Crippen MR) is 80.2 cm³/mol. The van der Waals surface area contributed by atoms with Gasteiger partial charge in [0.25, 0.3) is 0 Å². The molecule has 0 spiro atoms. The van der Waals surface area contributed by atoms with Gasteiger partial charge in [-0.15, -0.1) is 0 Å². The van der Waals surface area contributed by atoms with Crippen LogP contribution in [0.4, 0.5) is 4.79 Å². The molecule has 0 radical (unpaired) electrons. The number of likely N-dealkylation sites (tertiary alicyclic amines) is 2. The van der Waals surface area contributed by atoms with Crippen LogP contribution in [-0.2, 0) is 4.79 Å². The van der Waals surface area contributed by atoms with Crippen molar-refractivity contribution in [1.82, 2.24) is 14.7 Å². The Hall–Kier alpha value is -1.30. The zero-order chi connectivity index (χ0) is 15.4. The molecule has 2 rings (SSSR count). The lowest BCUT2D eigenvalue weighted by Crippen LogP contribution is -2.50. The quantitative estimate of drug-likeness (QED) is 0.849. The summed E-state index contributed by atoms with van der Waals surface area (Å²) in [4.78, 5) is 29.4. The van der Waals surface area contributed by atoms with E-state index < -0.39 is 5.97 Å². The van der Waals surface area contributed by atoms with Gasteiger partial charge in [0, 0.05) is 32.7 Å². The lowest BCUT2D eigenvalue weighted by Gasteiger charge is -2.38. The summed E-state index contributed by atoms with van der Waals surface area (Å²) in [7, 11) is 4.17. The number of carbonyl (C=O) groups is 2. The van der Waals surface area contributed by atoms with Gasteiger partial charge in [-0.2, -0.15) is 0 Å². The Labute approximate surface area is 126 Å². The van der Waals surface area contributed by atoms with Crippen LogP contribution in [0.5, 0.6) is 0 Å². The highest BCUT2D eigenvalue weighted by Crippen LogP contribution is 2.22. The average molecular weight is 297 g/mol.